The zero-order chi connectivity index (χ0) is 11.8. The van der Waals surface area contributed by atoms with Gasteiger partial charge in [0.25, 0.3) is 0 Å². The van der Waals surface area contributed by atoms with Crippen molar-refractivity contribution in [1.29, 1.82) is 0 Å². The van der Waals surface area contributed by atoms with E-state index in [4.69, 9.17) is 4.74 Å². The number of hydrogen-bond donors (Lipinski definition) is 1. The van der Waals surface area contributed by atoms with Crippen molar-refractivity contribution in [3.63, 3.8) is 0 Å². The molecule has 17 heavy (non-hydrogen) atoms. The monoisotopic (exact) mass is 237 g/mol. The van der Waals surface area contributed by atoms with Crippen molar-refractivity contribution in [2.24, 2.45) is 11.8 Å². The first kappa shape index (κ1) is 11.5. The van der Waals surface area contributed by atoms with E-state index in [-0.39, 0.29) is 18.0 Å². The number of carbonyl (C=O) groups is 1. The summed E-state index contributed by atoms with van der Waals surface area (Å²) in [4.78, 5) is 12.1. The van der Waals surface area contributed by atoms with E-state index in [1.54, 1.807) is 0 Å². The summed E-state index contributed by atoms with van der Waals surface area (Å²) in [6, 6.07) is 0.999. The molecule has 1 saturated carbocycles. The number of fused-ring (bicyclic) bond motifs is 2. The third-order valence-electron chi connectivity index (χ3n) is 4.85. The van der Waals surface area contributed by atoms with Crippen LogP contribution in [0.5, 0.6) is 0 Å². The van der Waals surface area contributed by atoms with Gasteiger partial charge in [0, 0.05) is 12.1 Å². The van der Waals surface area contributed by atoms with E-state index in [0.29, 0.717) is 12.1 Å². The summed E-state index contributed by atoms with van der Waals surface area (Å²) in [5.41, 5.74) is 0. The number of nitrogens with one attached hydrogen (secondary N) is 1. The minimum absolute atomic E-state index is 0.0734. The molecule has 3 heteroatoms. The molecular weight excluding hydrogens is 214 g/mol. The Morgan fingerprint density at radius 1 is 1.12 bits per heavy atom. The summed E-state index contributed by atoms with van der Waals surface area (Å²) >= 11 is 0. The smallest absolute Gasteiger partial charge is 0.310 e. The molecule has 3 rings (SSSR count). The maximum absolute atomic E-state index is 12.1. The Kier molecular flexibility index (Phi) is 3.12. The normalized spacial score (nSPS) is 44.9. The van der Waals surface area contributed by atoms with Crippen molar-refractivity contribution in [1.82, 2.24) is 5.32 Å². The third kappa shape index (κ3) is 2.35. The fourth-order valence-corrected chi connectivity index (χ4v) is 3.68. The van der Waals surface area contributed by atoms with E-state index in [1.165, 1.54) is 19.3 Å². The van der Waals surface area contributed by atoms with Crippen molar-refractivity contribution in [3.05, 3.63) is 0 Å². The lowest BCUT2D eigenvalue weighted by Gasteiger charge is -2.28. The van der Waals surface area contributed by atoms with Gasteiger partial charge in [0.05, 0.1) is 5.92 Å². The minimum Gasteiger partial charge on any atom is -0.462 e. The first-order valence-corrected chi connectivity index (χ1v) is 7.19. The van der Waals surface area contributed by atoms with E-state index in [9.17, 15) is 4.79 Å². The van der Waals surface area contributed by atoms with Crippen molar-refractivity contribution in [2.45, 2.75) is 70.1 Å². The van der Waals surface area contributed by atoms with E-state index in [1.807, 2.05) is 0 Å². The van der Waals surface area contributed by atoms with Gasteiger partial charge < -0.3 is 10.1 Å². The fraction of sp³-hybridized carbons (Fsp3) is 0.929. The Morgan fingerprint density at radius 3 is 2.47 bits per heavy atom. The summed E-state index contributed by atoms with van der Waals surface area (Å²) in [5, 5.41) is 3.50. The predicted molar refractivity (Wildman–Crippen MR) is 65.6 cm³/mol. The second kappa shape index (κ2) is 4.60. The second-order valence-electron chi connectivity index (χ2n) is 6.21. The largest absolute Gasteiger partial charge is 0.462 e. The van der Waals surface area contributed by atoms with Gasteiger partial charge >= 0.3 is 5.97 Å². The lowest BCUT2D eigenvalue weighted by Crippen LogP contribution is -2.33. The molecule has 2 saturated heterocycles. The highest BCUT2D eigenvalue weighted by Crippen LogP contribution is 2.35. The first-order valence-electron chi connectivity index (χ1n) is 7.19. The molecule has 1 N–H and O–H groups in total. The van der Waals surface area contributed by atoms with Gasteiger partial charge in [-0.05, 0) is 50.9 Å². The molecule has 3 unspecified atom stereocenters. The topological polar surface area (TPSA) is 38.3 Å². The summed E-state index contributed by atoms with van der Waals surface area (Å²) in [6.07, 6.45) is 8.19. The van der Waals surface area contributed by atoms with Gasteiger partial charge in [-0.1, -0.05) is 6.92 Å². The molecule has 3 fully saturated rings. The Balaban J connectivity index is 1.50. The molecule has 0 aromatic carbocycles. The van der Waals surface area contributed by atoms with Gasteiger partial charge in [-0.2, -0.15) is 0 Å². The summed E-state index contributed by atoms with van der Waals surface area (Å²) in [7, 11) is 0. The van der Waals surface area contributed by atoms with Crippen LogP contribution in [0, 0.1) is 11.8 Å². The lowest BCUT2D eigenvalue weighted by molar-refractivity contribution is -0.156. The summed E-state index contributed by atoms with van der Waals surface area (Å²) in [6.45, 7) is 2.29. The van der Waals surface area contributed by atoms with Crippen LogP contribution in [-0.4, -0.2) is 24.2 Å². The summed E-state index contributed by atoms with van der Waals surface area (Å²) in [5.74, 6) is 1.03. The number of carbonyl (C=O) groups excluding carboxylic acids is 1. The molecule has 0 amide bonds. The molecule has 1 aliphatic carbocycles. The maximum Gasteiger partial charge on any atom is 0.310 e. The average molecular weight is 237 g/mol. The van der Waals surface area contributed by atoms with E-state index in [2.05, 4.69) is 12.2 Å². The molecule has 3 atom stereocenters. The Hall–Kier alpha value is -0.570. The Morgan fingerprint density at radius 2 is 1.88 bits per heavy atom. The quantitative estimate of drug-likeness (QED) is 0.749. The summed E-state index contributed by atoms with van der Waals surface area (Å²) < 4.78 is 5.70. The van der Waals surface area contributed by atoms with Crippen LogP contribution in [0.3, 0.4) is 0 Å². The highest BCUT2D eigenvalue weighted by molar-refractivity contribution is 5.74. The molecule has 0 spiro atoms. The molecular formula is C14H23NO2. The number of rotatable bonds is 2. The highest BCUT2D eigenvalue weighted by atomic mass is 16.5. The second-order valence-corrected chi connectivity index (χ2v) is 6.21. The standard InChI is InChI=1S/C14H23NO2/c1-9-2-5-11(6-3-9)17-14(16)12-8-10-4-7-13(12)15-10/h9-13,15H,2-8H2,1H3. The zero-order valence-corrected chi connectivity index (χ0v) is 10.7. The average Bonchev–Trinajstić information content (AvgIpc) is 2.94. The Labute approximate surface area is 103 Å². The van der Waals surface area contributed by atoms with Crippen LogP contribution in [-0.2, 0) is 9.53 Å². The molecule has 0 radical (unpaired) electrons. The molecule has 0 aromatic rings. The SMILES string of the molecule is CC1CCC(OC(=O)C2CC3CCC2N3)CC1. The van der Waals surface area contributed by atoms with Crippen LogP contribution < -0.4 is 5.32 Å². The number of hydrogen-bond acceptors (Lipinski definition) is 3. The van der Waals surface area contributed by atoms with Gasteiger partial charge in [-0.3, -0.25) is 4.79 Å². The fourth-order valence-electron chi connectivity index (χ4n) is 3.68. The van der Waals surface area contributed by atoms with E-state index in [0.717, 1.165) is 31.6 Å². The third-order valence-corrected chi connectivity index (χ3v) is 4.85. The number of ether oxygens (including phenoxy) is 1. The van der Waals surface area contributed by atoms with Gasteiger partial charge in [0.1, 0.15) is 6.10 Å². The van der Waals surface area contributed by atoms with Gasteiger partial charge in [-0.25, -0.2) is 0 Å². The molecule has 2 heterocycles. The molecule has 3 aliphatic rings. The van der Waals surface area contributed by atoms with Crippen LogP contribution in [0.15, 0.2) is 0 Å². The molecule has 2 aliphatic heterocycles. The van der Waals surface area contributed by atoms with Crippen molar-refractivity contribution in [2.75, 3.05) is 0 Å². The van der Waals surface area contributed by atoms with E-state index < -0.39 is 0 Å². The minimum atomic E-state index is 0.0734. The lowest BCUT2D eigenvalue weighted by atomic mass is 9.87. The van der Waals surface area contributed by atoms with Crippen molar-refractivity contribution < 1.29 is 9.53 Å². The van der Waals surface area contributed by atoms with Gasteiger partial charge in [0.15, 0.2) is 0 Å². The maximum atomic E-state index is 12.1. The predicted octanol–water partition coefficient (Wildman–Crippen LogP) is 2.25. The van der Waals surface area contributed by atoms with Crippen molar-refractivity contribution >= 4 is 5.97 Å². The van der Waals surface area contributed by atoms with Crippen LogP contribution in [0.4, 0.5) is 0 Å². The van der Waals surface area contributed by atoms with Crippen molar-refractivity contribution in [3.8, 4) is 0 Å². The Bertz CT molecular complexity index is 297. The highest BCUT2D eigenvalue weighted by Gasteiger charge is 2.44. The van der Waals surface area contributed by atoms with Gasteiger partial charge in [-0.15, -0.1) is 0 Å². The molecule has 3 nitrogen and oxygen atoms in total. The number of esters is 1. The molecule has 0 aromatic heterocycles. The van der Waals surface area contributed by atoms with Crippen LogP contribution in [0.1, 0.15) is 51.9 Å². The van der Waals surface area contributed by atoms with Crippen LogP contribution in [0.2, 0.25) is 0 Å². The van der Waals surface area contributed by atoms with Crippen LogP contribution in [0.25, 0.3) is 0 Å². The molecule has 2 bridgehead atoms. The molecule has 96 valence electrons. The first-order chi connectivity index (χ1) is 8.22. The zero-order valence-electron chi connectivity index (χ0n) is 10.7. The van der Waals surface area contributed by atoms with E-state index >= 15 is 0 Å². The van der Waals surface area contributed by atoms with Gasteiger partial charge in [0.2, 0.25) is 0 Å². The van der Waals surface area contributed by atoms with Crippen LogP contribution >= 0.6 is 0 Å².